The van der Waals surface area contributed by atoms with Crippen LogP contribution in [-0.4, -0.2) is 32.1 Å². The molecule has 0 atom stereocenters. The number of carbonyl (C=O) groups is 1. The monoisotopic (exact) mass is 279 g/mol. The third-order valence-corrected chi connectivity index (χ3v) is 4.48. The van der Waals surface area contributed by atoms with Crippen LogP contribution in [0.5, 0.6) is 0 Å². The minimum absolute atomic E-state index is 0.260. The average molecular weight is 280 g/mol. The second-order valence-corrected chi connectivity index (χ2v) is 5.75. The summed E-state index contributed by atoms with van der Waals surface area (Å²) in [4.78, 5) is 13.9. The van der Waals surface area contributed by atoms with E-state index < -0.39 is 5.41 Å². The molecule has 19 heavy (non-hydrogen) atoms. The minimum atomic E-state index is -0.501. The van der Waals surface area contributed by atoms with Crippen molar-refractivity contribution in [3.63, 3.8) is 0 Å². The molecule has 0 spiro atoms. The molecule has 0 aromatic heterocycles. The molecule has 0 bridgehead atoms. The molecule has 2 aliphatic rings. The predicted molar refractivity (Wildman–Crippen MR) is 76.6 cm³/mol. The third-order valence-electron chi connectivity index (χ3n) is 4.17. The highest BCUT2D eigenvalue weighted by Crippen LogP contribution is 2.50. The fourth-order valence-electron chi connectivity index (χ4n) is 2.79. The Bertz CT molecular complexity index is 507. The maximum atomic E-state index is 11.6. The minimum Gasteiger partial charge on any atom is -0.369 e. The smallest absolute Gasteiger partial charge is 0.228 e. The van der Waals surface area contributed by atoms with Crippen molar-refractivity contribution >= 4 is 23.2 Å². The van der Waals surface area contributed by atoms with Crippen molar-refractivity contribution in [2.24, 2.45) is 5.73 Å². The van der Waals surface area contributed by atoms with Gasteiger partial charge >= 0.3 is 0 Å². The van der Waals surface area contributed by atoms with Crippen molar-refractivity contribution in [2.75, 3.05) is 31.1 Å². The third kappa shape index (κ3) is 2.19. The lowest BCUT2D eigenvalue weighted by molar-refractivity contribution is -0.120. The van der Waals surface area contributed by atoms with Crippen LogP contribution in [0.4, 0.5) is 5.69 Å². The van der Waals surface area contributed by atoms with E-state index in [1.165, 1.54) is 0 Å². The van der Waals surface area contributed by atoms with Crippen LogP contribution < -0.4 is 16.0 Å². The van der Waals surface area contributed by atoms with Gasteiger partial charge in [-0.25, -0.2) is 0 Å². The van der Waals surface area contributed by atoms with Crippen LogP contribution in [0.2, 0.25) is 5.02 Å². The predicted octanol–water partition coefficient (Wildman–Crippen LogP) is 1.27. The average Bonchev–Trinajstić information content (AvgIpc) is 3.21. The molecule has 2 fully saturated rings. The SMILES string of the molecule is NC(=O)C1(c2ccc(N3CCNCC3)cc2Cl)CC1. The molecule has 1 heterocycles. The summed E-state index contributed by atoms with van der Waals surface area (Å²) in [6.07, 6.45) is 1.63. The van der Waals surface area contributed by atoms with Gasteiger partial charge in [0.2, 0.25) is 5.91 Å². The Morgan fingerprint density at radius 1 is 1.32 bits per heavy atom. The molecule has 102 valence electrons. The Balaban J connectivity index is 1.88. The molecule has 1 saturated heterocycles. The van der Waals surface area contributed by atoms with E-state index in [9.17, 15) is 4.79 Å². The number of carbonyl (C=O) groups excluding carboxylic acids is 1. The van der Waals surface area contributed by atoms with E-state index in [-0.39, 0.29) is 5.91 Å². The number of hydrogen-bond donors (Lipinski definition) is 2. The summed E-state index contributed by atoms with van der Waals surface area (Å²) < 4.78 is 0. The van der Waals surface area contributed by atoms with Crippen LogP contribution in [-0.2, 0) is 10.2 Å². The first-order valence-electron chi connectivity index (χ1n) is 6.69. The molecular weight excluding hydrogens is 262 g/mol. The molecule has 4 nitrogen and oxygen atoms in total. The van der Waals surface area contributed by atoms with E-state index in [0.29, 0.717) is 5.02 Å². The number of amides is 1. The van der Waals surface area contributed by atoms with E-state index in [0.717, 1.165) is 50.3 Å². The van der Waals surface area contributed by atoms with Gasteiger partial charge in [-0.2, -0.15) is 0 Å². The summed E-state index contributed by atoms with van der Waals surface area (Å²) in [5, 5.41) is 3.98. The number of nitrogens with one attached hydrogen (secondary N) is 1. The number of primary amides is 1. The number of benzene rings is 1. The van der Waals surface area contributed by atoms with Crippen molar-refractivity contribution in [1.29, 1.82) is 0 Å². The molecule has 3 rings (SSSR count). The number of hydrogen-bond acceptors (Lipinski definition) is 3. The number of halogens is 1. The van der Waals surface area contributed by atoms with Crippen LogP contribution >= 0.6 is 11.6 Å². The van der Waals surface area contributed by atoms with Gasteiger partial charge in [-0.3, -0.25) is 4.79 Å². The second-order valence-electron chi connectivity index (χ2n) is 5.35. The van der Waals surface area contributed by atoms with Gasteiger partial charge in [0.05, 0.1) is 5.41 Å². The maximum absolute atomic E-state index is 11.6. The molecular formula is C14H18ClN3O. The lowest BCUT2D eigenvalue weighted by atomic mass is 9.95. The first-order valence-corrected chi connectivity index (χ1v) is 7.07. The number of piperazine rings is 1. The van der Waals surface area contributed by atoms with Gasteiger partial charge in [0.1, 0.15) is 0 Å². The first kappa shape index (κ1) is 12.8. The summed E-state index contributed by atoms with van der Waals surface area (Å²) in [6.45, 7) is 3.95. The standard InChI is InChI=1S/C14H18ClN3O/c15-12-9-10(18-7-5-17-6-8-18)1-2-11(12)14(3-4-14)13(16)19/h1-2,9,17H,3-8H2,(H2,16,19). The summed E-state index contributed by atoms with van der Waals surface area (Å²) in [7, 11) is 0. The molecule has 1 aromatic rings. The fraction of sp³-hybridized carbons (Fsp3) is 0.500. The van der Waals surface area contributed by atoms with Gasteiger partial charge in [0.25, 0.3) is 0 Å². The van der Waals surface area contributed by atoms with Crippen molar-refractivity contribution in [2.45, 2.75) is 18.3 Å². The highest BCUT2D eigenvalue weighted by atomic mass is 35.5. The Labute approximate surface area is 117 Å². The Hall–Kier alpha value is -1.26. The molecule has 0 radical (unpaired) electrons. The van der Waals surface area contributed by atoms with Gasteiger partial charge < -0.3 is 16.0 Å². The molecule has 1 aromatic carbocycles. The molecule has 1 saturated carbocycles. The second kappa shape index (κ2) is 4.69. The van der Waals surface area contributed by atoms with Gasteiger partial charge in [-0.1, -0.05) is 17.7 Å². The van der Waals surface area contributed by atoms with Crippen molar-refractivity contribution < 1.29 is 4.79 Å². The van der Waals surface area contributed by atoms with Gasteiger partial charge in [0, 0.05) is 36.9 Å². The number of anilines is 1. The van der Waals surface area contributed by atoms with E-state index >= 15 is 0 Å². The van der Waals surface area contributed by atoms with Crippen LogP contribution in [0, 0.1) is 0 Å². The van der Waals surface area contributed by atoms with E-state index in [1.54, 1.807) is 0 Å². The fourth-order valence-corrected chi connectivity index (χ4v) is 3.14. The summed E-state index contributed by atoms with van der Waals surface area (Å²) in [6, 6.07) is 5.98. The summed E-state index contributed by atoms with van der Waals surface area (Å²) in [5.41, 5.74) is 7.01. The molecule has 0 unspecified atom stereocenters. The van der Waals surface area contributed by atoms with Crippen LogP contribution in [0.1, 0.15) is 18.4 Å². The molecule has 1 aliphatic heterocycles. The maximum Gasteiger partial charge on any atom is 0.228 e. The van der Waals surface area contributed by atoms with Crippen molar-refractivity contribution in [1.82, 2.24) is 5.32 Å². The molecule has 3 N–H and O–H groups in total. The van der Waals surface area contributed by atoms with Gasteiger partial charge in [-0.15, -0.1) is 0 Å². The van der Waals surface area contributed by atoms with Gasteiger partial charge in [0.15, 0.2) is 0 Å². The summed E-state index contributed by atoms with van der Waals surface area (Å²) >= 11 is 6.37. The normalized spacial score (nSPS) is 21.2. The lowest BCUT2D eigenvalue weighted by Crippen LogP contribution is -2.43. The zero-order chi connectivity index (χ0) is 13.5. The zero-order valence-electron chi connectivity index (χ0n) is 10.8. The topological polar surface area (TPSA) is 58.4 Å². The Morgan fingerprint density at radius 3 is 2.53 bits per heavy atom. The van der Waals surface area contributed by atoms with Crippen LogP contribution in [0.3, 0.4) is 0 Å². The van der Waals surface area contributed by atoms with Crippen molar-refractivity contribution in [3.8, 4) is 0 Å². The van der Waals surface area contributed by atoms with E-state index in [2.05, 4.69) is 16.3 Å². The quantitative estimate of drug-likeness (QED) is 0.876. The Morgan fingerprint density at radius 2 is 2.00 bits per heavy atom. The zero-order valence-corrected chi connectivity index (χ0v) is 11.5. The first-order chi connectivity index (χ1) is 9.13. The highest BCUT2D eigenvalue weighted by molar-refractivity contribution is 6.32. The van der Waals surface area contributed by atoms with Crippen LogP contribution in [0.25, 0.3) is 0 Å². The number of nitrogens with two attached hydrogens (primary N) is 1. The Kier molecular flexibility index (Phi) is 3.15. The molecule has 5 heteroatoms. The highest BCUT2D eigenvalue weighted by Gasteiger charge is 2.51. The van der Waals surface area contributed by atoms with Gasteiger partial charge in [-0.05, 0) is 30.5 Å². The van der Waals surface area contributed by atoms with E-state index in [1.807, 2.05) is 12.1 Å². The lowest BCUT2D eigenvalue weighted by Gasteiger charge is -2.30. The summed E-state index contributed by atoms with van der Waals surface area (Å²) in [5.74, 6) is -0.260. The van der Waals surface area contributed by atoms with E-state index in [4.69, 9.17) is 17.3 Å². The number of rotatable bonds is 3. The molecule has 1 amide bonds. The molecule has 1 aliphatic carbocycles. The number of nitrogens with zero attached hydrogens (tertiary/aromatic N) is 1. The largest absolute Gasteiger partial charge is 0.369 e. The van der Waals surface area contributed by atoms with Crippen molar-refractivity contribution in [3.05, 3.63) is 28.8 Å². The van der Waals surface area contributed by atoms with Crippen LogP contribution in [0.15, 0.2) is 18.2 Å².